The van der Waals surface area contributed by atoms with Crippen molar-refractivity contribution < 1.29 is 4.79 Å². The molecule has 0 radical (unpaired) electrons. The van der Waals surface area contributed by atoms with Gasteiger partial charge in [-0.2, -0.15) is 5.10 Å². The van der Waals surface area contributed by atoms with Gasteiger partial charge >= 0.3 is 0 Å². The van der Waals surface area contributed by atoms with Crippen molar-refractivity contribution >= 4 is 18.0 Å². The van der Waals surface area contributed by atoms with Crippen LogP contribution in [0.5, 0.6) is 0 Å². The van der Waals surface area contributed by atoms with E-state index in [0.29, 0.717) is 12.3 Å². The number of carbonyl (C=O) groups is 1. The van der Waals surface area contributed by atoms with E-state index in [1.54, 1.807) is 6.21 Å². The highest BCUT2D eigenvalue weighted by atomic mass is 16.1. The molecule has 92 valence electrons. The van der Waals surface area contributed by atoms with Gasteiger partial charge in [-0.1, -0.05) is 39.0 Å². The summed E-state index contributed by atoms with van der Waals surface area (Å²) < 4.78 is 0. The Hall–Kier alpha value is -1.71. The maximum Gasteiger partial charge on any atom is 0.225 e. The predicted octanol–water partition coefficient (Wildman–Crippen LogP) is 2.44. The van der Waals surface area contributed by atoms with Crippen LogP contribution in [0.2, 0.25) is 0 Å². The fourth-order valence-corrected chi connectivity index (χ4v) is 1.40. The topological polar surface area (TPSA) is 53.8 Å². The third kappa shape index (κ3) is 3.98. The van der Waals surface area contributed by atoms with Crippen LogP contribution >= 0.6 is 0 Å². The molecular formula is C13H19N3O. The van der Waals surface area contributed by atoms with Gasteiger partial charge in [0.15, 0.2) is 5.84 Å². The Kier molecular flexibility index (Phi) is 5.33. The van der Waals surface area contributed by atoms with Gasteiger partial charge in [0.25, 0.3) is 0 Å². The molecule has 4 nitrogen and oxygen atoms in total. The van der Waals surface area contributed by atoms with Gasteiger partial charge < -0.3 is 5.32 Å². The van der Waals surface area contributed by atoms with Crippen molar-refractivity contribution in [2.24, 2.45) is 16.1 Å². The number of nitrogens with one attached hydrogen (secondary N) is 1. The van der Waals surface area contributed by atoms with E-state index in [0.717, 1.165) is 12.0 Å². The molecule has 1 N–H and O–H groups in total. The Morgan fingerprint density at radius 2 is 2.29 bits per heavy atom. The molecule has 0 saturated heterocycles. The first-order valence-electron chi connectivity index (χ1n) is 5.97. The predicted molar refractivity (Wildman–Crippen MR) is 71.0 cm³/mol. The zero-order valence-electron chi connectivity index (χ0n) is 10.6. The van der Waals surface area contributed by atoms with Crippen molar-refractivity contribution in [3.05, 3.63) is 23.8 Å². The molecule has 1 unspecified atom stereocenters. The monoisotopic (exact) mass is 233 g/mol. The normalized spacial score (nSPS) is 21.9. The number of allylic oxidation sites excluding steroid dienone is 3. The largest absolute Gasteiger partial charge is 0.309 e. The van der Waals surface area contributed by atoms with E-state index in [-0.39, 0.29) is 11.8 Å². The van der Waals surface area contributed by atoms with Crippen molar-refractivity contribution in [1.82, 2.24) is 5.32 Å². The van der Waals surface area contributed by atoms with Gasteiger partial charge in [-0.3, -0.25) is 4.79 Å². The molecule has 0 saturated carbocycles. The van der Waals surface area contributed by atoms with E-state index < -0.39 is 0 Å². The van der Waals surface area contributed by atoms with Crippen LogP contribution in [-0.2, 0) is 4.79 Å². The fourth-order valence-electron chi connectivity index (χ4n) is 1.40. The van der Waals surface area contributed by atoms with Crippen LogP contribution in [0.15, 0.2) is 34.0 Å². The average molecular weight is 233 g/mol. The summed E-state index contributed by atoms with van der Waals surface area (Å²) in [6.45, 7) is 5.92. The van der Waals surface area contributed by atoms with Crippen molar-refractivity contribution in [2.45, 2.75) is 33.6 Å². The van der Waals surface area contributed by atoms with E-state index in [4.69, 9.17) is 0 Å². The second-order valence-corrected chi connectivity index (χ2v) is 3.86. The molecular weight excluding hydrogens is 214 g/mol. The summed E-state index contributed by atoms with van der Waals surface area (Å²) in [5, 5.41) is 10.6. The molecule has 1 heterocycles. The standard InChI is InChI=1S/C13H19N3O/c1-4-6-7-8-11-10(3)9-14-16-13(11)15-12(17)5-2/h6-10H,4-5H2,1-3H3,(H,15,16,17)/b7-6-,11-8+. The Bertz CT molecular complexity index is 391. The smallest absolute Gasteiger partial charge is 0.225 e. The molecule has 1 rings (SSSR count). The molecule has 1 atom stereocenters. The van der Waals surface area contributed by atoms with Crippen LogP contribution in [0.1, 0.15) is 33.6 Å². The summed E-state index contributed by atoms with van der Waals surface area (Å²) in [4.78, 5) is 11.4. The lowest BCUT2D eigenvalue weighted by molar-refractivity contribution is -0.119. The van der Waals surface area contributed by atoms with E-state index in [1.165, 1.54) is 0 Å². The lowest BCUT2D eigenvalue weighted by atomic mass is 9.99. The van der Waals surface area contributed by atoms with Gasteiger partial charge in [-0.15, -0.1) is 5.10 Å². The number of carbonyl (C=O) groups excluding carboxylic acids is 1. The first kappa shape index (κ1) is 13.4. The molecule has 0 bridgehead atoms. The molecule has 0 aromatic heterocycles. The summed E-state index contributed by atoms with van der Waals surface area (Å²) in [5.41, 5.74) is 0.992. The highest BCUT2D eigenvalue weighted by molar-refractivity contribution is 6.10. The van der Waals surface area contributed by atoms with E-state index in [2.05, 4.69) is 28.5 Å². The van der Waals surface area contributed by atoms with Crippen molar-refractivity contribution in [3.63, 3.8) is 0 Å². The van der Waals surface area contributed by atoms with Crippen molar-refractivity contribution in [1.29, 1.82) is 0 Å². The minimum Gasteiger partial charge on any atom is -0.309 e. The maximum atomic E-state index is 11.4. The molecule has 0 aliphatic carbocycles. The molecule has 0 spiro atoms. The molecule has 17 heavy (non-hydrogen) atoms. The maximum absolute atomic E-state index is 11.4. The molecule has 0 aromatic rings. The third-order valence-electron chi connectivity index (χ3n) is 2.44. The van der Waals surface area contributed by atoms with Crippen LogP contribution < -0.4 is 5.32 Å². The summed E-state index contributed by atoms with van der Waals surface area (Å²) in [7, 11) is 0. The van der Waals surface area contributed by atoms with Gasteiger partial charge in [0, 0.05) is 24.1 Å². The second-order valence-electron chi connectivity index (χ2n) is 3.86. The van der Waals surface area contributed by atoms with Crippen LogP contribution in [-0.4, -0.2) is 18.0 Å². The second kappa shape index (κ2) is 6.78. The minimum atomic E-state index is -0.0431. The first-order valence-corrected chi connectivity index (χ1v) is 5.97. The zero-order chi connectivity index (χ0) is 12.7. The van der Waals surface area contributed by atoms with Gasteiger partial charge in [0.1, 0.15) is 0 Å². The fraction of sp³-hybridized carbons (Fsp3) is 0.462. The Balaban J connectivity index is 2.86. The quantitative estimate of drug-likeness (QED) is 0.799. The summed E-state index contributed by atoms with van der Waals surface area (Å²) in [5.74, 6) is 0.687. The number of hydrogen-bond donors (Lipinski definition) is 1. The number of nitrogens with zero attached hydrogens (tertiary/aromatic N) is 2. The third-order valence-corrected chi connectivity index (χ3v) is 2.44. The lowest BCUT2D eigenvalue weighted by Gasteiger charge is -2.16. The van der Waals surface area contributed by atoms with E-state index in [1.807, 2.05) is 26.0 Å². The first-order chi connectivity index (χ1) is 8.19. The molecule has 4 heteroatoms. The molecule has 1 aliphatic heterocycles. The van der Waals surface area contributed by atoms with E-state index >= 15 is 0 Å². The average Bonchev–Trinajstić information content (AvgIpc) is 2.32. The summed E-state index contributed by atoms with van der Waals surface area (Å²) >= 11 is 0. The van der Waals surface area contributed by atoms with E-state index in [9.17, 15) is 4.79 Å². The van der Waals surface area contributed by atoms with Crippen LogP contribution in [0, 0.1) is 5.92 Å². The van der Waals surface area contributed by atoms with Crippen molar-refractivity contribution in [3.8, 4) is 0 Å². The highest BCUT2D eigenvalue weighted by Crippen LogP contribution is 2.14. The SMILES string of the molecule is CC/C=C\C=C1\C(NC(=O)CC)=NN=CC1C. The van der Waals surface area contributed by atoms with Crippen LogP contribution in [0.3, 0.4) is 0 Å². The Morgan fingerprint density at radius 3 is 2.94 bits per heavy atom. The Morgan fingerprint density at radius 1 is 1.53 bits per heavy atom. The van der Waals surface area contributed by atoms with Gasteiger partial charge in [-0.25, -0.2) is 0 Å². The zero-order valence-corrected chi connectivity index (χ0v) is 10.6. The summed E-state index contributed by atoms with van der Waals surface area (Å²) in [6, 6.07) is 0. The molecule has 0 aromatic carbocycles. The molecule has 1 aliphatic rings. The lowest BCUT2D eigenvalue weighted by Crippen LogP contribution is -2.34. The van der Waals surface area contributed by atoms with Gasteiger partial charge in [0.2, 0.25) is 5.91 Å². The van der Waals surface area contributed by atoms with Gasteiger partial charge in [0.05, 0.1) is 0 Å². The number of amides is 1. The molecule has 0 fully saturated rings. The Labute approximate surface area is 102 Å². The number of hydrogen-bond acceptors (Lipinski definition) is 3. The van der Waals surface area contributed by atoms with Crippen molar-refractivity contribution in [2.75, 3.05) is 0 Å². The highest BCUT2D eigenvalue weighted by Gasteiger charge is 2.17. The number of amidine groups is 1. The minimum absolute atomic E-state index is 0.0431. The summed E-state index contributed by atoms with van der Waals surface area (Å²) in [6.07, 6.45) is 9.22. The van der Waals surface area contributed by atoms with Gasteiger partial charge in [-0.05, 0) is 6.42 Å². The van der Waals surface area contributed by atoms with Crippen LogP contribution in [0.4, 0.5) is 0 Å². The number of rotatable bonds is 3. The molecule has 1 amide bonds. The van der Waals surface area contributed by atoms with Crippen LogP contribution in [0.25, 0.3) is 0 Å².